The van der Waals surface area contributed by atoms with E-state index in [1.54, 1.807) is 0 Å². The monoisotopic (exact) mass is 366 g/mol. The van der Waals surface area contributed by atoms with Crippen LogP contribution in [0.15, 0.2) is 12.2 Å². The van der Waals surface area contributed by atoms with E-state index in [-0.39, 0.29) is 5.97 Å². The SMILES string of the molecule is CCCCCCCC/C=C/CCCCCCCCCCCC(=O)OCC. The standard InChI is InChI=1S/C24H46O2/c1-3-5-6-7-8-9-10-11-12-13-14-15-16-17-18-19-20-21-22-23-24(25)26-4-2/h11-12H,3-10,13-23H2,1-2H3/b12-11+. The molecule has 2 nitrogen and oxygen atoms in total. The van der Waals surface area contributed by atoms with Crippen LogP contribution in [0.2, 0.25) is 0 Å². The molecule has 0 aromatic heterocycles. The Balaban J connectivity index is 3.10. The first kappa shape index (κ1) is 25.2. The second kappa shape index (κ2) is 22.3. The lowest BCUT2D eigenvalue weighted by atomic mass is 10.1. The molecule has 0 rings (SSSR count). The molecule has 0 amide bonds. The van der Waals surface area contributed by atoms with Gasteiger partial charge in [0.2, 0.25) is 0 Å². The van der Waals surface area contributed by atoms with Crippen LogP contribution < -0.4 is 0 Å². The molecule has 0 saturated carbocycles. The van der Waals surface area contributed by atoms with Crippen molar-refractivity contribution in [3.63, 3.8) is 0 Å². The second-order valence-corrected chi connectivity index (χ2v) is 7.55. The minimum atomic E-state index is -0.0338. The molecule has 0 aliphatic carbocycles. The Morgan fingerprint density at radius 3 is 1.50 bits per heavy atom. The molecular weight excluding hydrogens is 320 g/mol. The number of esters is 1. The van der Waals surface area contributed by atoms with Crippen LogP contribution in [-0.2, 0) is 9.53 Å². The number of hydrogen-bond donors (Lipinski definition) is 0. The van der Waals surface area contributed by atoms with E-state index in [1.807, 2.05) is 6.92 Å². The quantitative estimate of drug-likeness (QED) is 0.123. The Kier molecular flexibility index (Phi) is 21.6. The number of allylic oxidation sites excluding steroid dienone is 2. The normalized spacial score (nSPS) is 11.3. The number of carbonyl (C=O) groups excluding carboxylic acids is 1. The van der Waals surface area contributed by atoms with E-state index >= 15 is 0 Å². The summed E-state index contributed by atoms with van der Waals surface area (Å²) in [4.78, 5) is 11.2. The maximum absolute atomic E-state index is 11.2. The first-order chi connectivity index (χ1) is 12.8. The van der Waals surface area contributed by atoms with E-state index in [9.17, 15) is 4.79 Å². The van der Waals surface area contributed by atoms with Gasteiger partial charge in [0.1, 0.15) is 0 Å². The van der Waals surface area contributed by atoms with E-state index in [1.165, 1.54) is 103 Å². The predicted octanol–water partition coefficient (Wildman–Crippen LogP) is 8.15. The molecule has 0 aromatic rings. The zero-order valence-electron chi connectivity index (χ0n) is 17.9. The molecule has 0 bridgehead atoms. The van der Waals surface area contributed by atoms with Crippen molar-refractivity contribution in [2.45, 2.75) is 129 Å². The second-order valence-electron chi connectivity index (χ2n) is 7.55. The van der Waals surface area contributed by atoms with Crippen molar-refractivity contribution < 1.29 is 9.53 Å². The fourth-order valence-electron chi connectivity index (χ4n) is 3.28. The van der Waals surface area contributed by atoms with Crippen molar-refractivity contribution >= 4 is 5.97 Å². The van der Waals surface area contributed by atoms with Gasteiger partial charge in [0, 0.05) is 6.42 Å². The minimum absolute atomic E-state index is 0.0338. The highest BCUT2D eigenvalue weighted by Crippen LogP contribution is 2.12. The summed E-state index contributed by atoms with van der Waals surface area (Å²) in [7, 11) is 0. The Morgan fingerprint density at radius 1 is 0.615 bits per heavy atom. The third-order valence-electron chi connectivity index (χ3n) is 4.95. The van der Waals surface area contributed by atoms with Crippen LogP contribution in [-0.4, -0.2) is 12.6 Å². The molecule has 0 fully saturated rings. The predicted molar refractivity (Wildman–Crippen MR) is 115 cm³/mol. The van der Waals surface area contributed by atoms with Crippen LogP contribution in [0.4, 0.5) is 0 Å². The van der Waals surface area contributed by atoms with Gasteiger partial charge in [0.05, 0.1) is 6.61 Å². The molecule has 0 heterocycles. The highest BCUT2D eigenvalue weighted by atomic mass is 16.5. The molecule has 0 atom stereocenters. The number of unbranched alkanes of at least 4 members (excludes halogenated alkanes) is 15. The lowest BCUT2D eigenvalue weighted by Crippen LogP contribution is -2.03. The molecule has 0 N–H and O–H groups in total. The lowest BCUT2D eigenvalue weighted by Gasteiger charge is -2.03. The smallest absolute Gasteiger partial charge is 0.305 e. The van der Waals surface area contributed by atoms with Crippen molar-refractivity contribution in [1.82, 2.24) is 0 Å². The van der Waals surface area contributed by atoms with Crippen LogP contribution in [0, 0.1) is 0 Å². The largest absolute Gasteiger partial charge is 0.466 e. The topological polar surface area (TPSA) is 26.3 Å². The summed E-state index contributed by atoms with van der Waals surface area (Å²) in [5, 5.41) is 0. The average molecular weight is 367 g/mol. The highest BCUT2D eigenvalue weighted by Gasteiger charge is 2.00. The van der Waals surface area contributed by atoms with Crippen molar-refractivity contribution in [3.8, 4) is 0 Å². The first-order valence-corrected chi connectivity index (χ1v) is 11.6. The molecule has 154 valence electrons. The van der Waals surface area contributed by atoms with Crippen molar-refractivity contribution in [2.24, 2.45) is 0 Å². The van der Waals surface area contributed by atoms with Crippen LogP contribution in [0.5, 0.6) is 0 Å². The Bertz CT molecular complexity index is 309. The zero-order chi connectivity index (χ0) is 19.1. The molecule has 2 heteroatoms. The van der Waals surface area contributed by atoms with E-state index in [0.717, 1.165) is 6.42 Å². The molecular formula is C24H46O2. The Labute approximate surface area is 164 Å². The number of rotatable bonds is 20. The van der Waals surface area contributed by atoms with E-state index in [0.29, 0.717) is 13.0 Å². The molecule has 0 saturated heterocycles. The third kappa shape index (κ3) is 21.3. The summed E-state index contributed by atoms with van der Waals surface area (Å²) < 4.78 is 4.94. The van der Waals surface area contributed by atoms with Gasteiger partial charge in [-0.05, 0) is 39.0 Å². The van der Waals surface area contributed by atoms with Gasteiger partial charge < -0.3 is 4.74 Å². The maximum atomic E-state index is 11.2. The molecule has 0 spiro atoms. The molecule has 0 aliphatic rings. The summed E-state index contributed by atoms with van der Waals surface area (Å²) in [5.41, 5.74) is 0. The molecule has 0 aromatic carbocycles. The summed E-state index contributed by atoms with van der Waals surface area (Å²) in [6.07, 6.45) is 27.9. The summed E-state index contributed by atoms with van der Waals surface area (Å²) in [6.45, 7) is 4.65. The van der Waals surface area contributed by atoms with Crippen LogP contribution >= 0.6 is 0 Å². The number of carbonyl (C=O) groups is 1. The Morgan fingerprint density at radius 2 is 1.04 bits per heavy atom. The number of ether oxygens (including phenoxy) is 1. The summed E-state index contributed by atoms with van der Waals surface area (Å²) in [6, 6.07) is 0. The van der Waals surface area contributed by atoms with Gasteiger partial charge in [-0.1, -0.05) is 96.1 Å². The Hall–Kier alpha value is -0.790. The minimum Gasteiger partial charge on any atom is -0.466 e. The average Bonchev–Trinajstić information content (AvgIpc) is 2.64. The van der Waals surface area contributed by atoms with Gasteiger partial charge >= 0.3 is 5.97 Å². The summed E-state index contributed by atoms with van der Waals surface area (Å²) >= 11 is 0. The molecule has 0 aliphatic heterocycles. The molecule has 0 unspecified atom stereocenters. The van der Waals surface area contributed by atoms with Gasteiger partial charge in [0.25, 0.3) is 0 Å². The number of hydrogen-bond acceptors (Lipinski definition) is 2. The maximum Gasteiger partial charge on any atom is 0.305 e. The van der Waals surface area contributed by atoms with E-state index in [4.69, 9.17) is 4.74 Å². The van der Waals surface area contributed by atoms with E-state index < -0.39 is 0 Å². The fraction of sp³-hybridized carbons (Fsp3) is 0.875. The fourth-order valence-corrected chi connectivity index (χ4v) is 3.28. The lowest BCUT2D eigenvalue weighted by molar-refractivity contribution is -0.143. The van der Waals surface area contributed by atoms with Crippen molar-refractivity contribution in [3.05, 3.63) is 12.2 Å². The van der Waals surface area contributed by atoms with Crippen LogP contribution in [0.25, 0.3) is 0 Å². The van der Waals surface area contributed by atoms with Crippen LogP contribution in [0.1, 0.15) is 129 Å². The third-order valence-corrected chi connectivity index (χ3v) is 4.95. The van der Waals surface area contributed by atoms with Gasteiger partial charge in [-0.25, -0.2) is 0 Å². The van der Waals surface area contributed by atoms with Gasteiger partial charge in [-0.15, -0.1) is 0 Å². The van der Waals surface area contributed by atoms with Gasteiger partial charge in [-0.2, -0.15) is 0 Å². The highest BCUT2D eigenvalue weighted by molar-refractivity contribution is 5.69. The van der Waals surface area contributed by atoms with Crippen molar-refractivity contribution in [2.75, 3.05) is 6.61 Å². The van der Waals surface area contributed by atoms with Gasteiger partial charge in [0.15, 0.2) is 0 Å². The van der Waals surface area contributed by atoms with Crippen LogP contribution in [0.3, 0.4) is 0 Å². The molecule has 0 radical (unpaired) electrons. The van der Waals surface area contributed by atoms with E-state index in [2.05, 4.69) is 19.1 Å². The first-order valence-electron chi connectivity index (χ1n) is 11.6. The van der Waals surface area contributed by atoms with Crippen molar-refractivity contribution in [1.29, 1.82) is 0 Å². The zero-order valence-corrected chi connectivity index (χ0v) is 17.9. The van der Waals surface area contributed by atoms with Gasteiger partial charge in [-0.3, -0.25) is 4.79 Å². The molecule has 26 heavy (non-hydrogen) atoms. The summed E-state index contributed by atoms with van der Waals surface area (Å²) in [5.74, 6) is -0.0338.